The van der Waals surface area contributed by atoms with Gasteiger partial charge in [0, 0.05) is 54.0 Å². The number of piperidine rings is 1. The number of aryl methyl sites for hydroxylation is 2. The molecule has 0 spiro atoms. The van der Waals surface area contributed by atoms with Crippen molar-refractivity contribution < 1.29 is 9.59 Å². The summed E-state index contributed by atoms with van der Waals surface area (Å²) in [7, 11) is 7.26. The Morgan fingerprint density at radius 1 is 1.33 bits per heavy atom. The molecular weight excluding hydrogens is 306 g/mol. The number of nitrogens with zero attached hydrogens (tertiary/aromatic N) is 5. The van der Waals surface area contributed by atoms with Crippen molar-refractivity contribution in [1.82, 2.24) is 24.5 Å². The van der Waals surface area contributed by atoms with Crippen LogP contribution in [0.1, 0.15) is 24.8 Å². The van der Waals surface area contributed by atoms with E-state index in [-0.39, 0.29) is 17.9 Å². The lowest BCUT2D eigenvalue weighted by Gasteiger charge is -2.35. The number of aromatic nitrogens is 2. The van der Waals surface area contributed by atoms with Gasteiger partial charge < -0.3 is 14.7 Å². The minimum absolute atomic E-state index is 0.00766. The predicted molar refractivity (Wildman–Crippen MR) is 92.5 cm³/mol. The van der Waals surface area contributed by atoms with Crippen molar-refractivity contribution >= 4 is 11.9 Å². The Morgan fingerprint density at radius 2 is 2.08 bits per heavy atom. The van der Waals surface area contributed by atoms with Crippen LogP contribution in [0, 0.1) is 5.92 Å². The van der Waals surface area contributed by atoms with Gasteiger partial charge in [-0.05, 0) is 31.2 Å². The van der Waals surface area contributed by atoms with E-state index in [0.29, 0.717) is 6.54 Å². The van der Waals surface area contributed by atoms with Crippen LogP contribution in [0.2, 0.25) is 0 Å². The maximum atomic E-state index is 12.6. The highest BCUT2D eigenvalue weighted by atomic mass is 16.2. The molecule has 1 atom stereocenters. The van der Waals surface area contributed by atoms with Gasteiger partial charge in [-0.15, -0.1) is 0 Å². The molecule has 1 aliphatic rings. The van der Waals surface area contributed by atoms with Crippen LogP contribution in [0.25, 0.3) is 0 Å². The highest BCUT2D eigenvalue weighted by Gasteiger charge is 2.30. The quantitative estimate of drug-likeness (QED) is 0.812. The minimum Gasteiger partial charge on any atom is -0.345 e. The summed E-state index contributed by atoms with van der Waals surface area (Å²) in [6.45, 7) is 2.00. The number of likely N-dealkylation sites (tertiary alicyclic amines) is 1. The van der Waals surface area contributed by atoms with E-state index < -0.39 is 0 Å². The number of urea groups is 1. The van der Waals surface area contributed by atoms with Gasteiger partial charge in [0.2, 0.25) is 5.91 Å². The molecule has 2 rings (SSSR count). The molecule has 7 heteroatoms. The summed E-state index contributed by atoms with van der Waals surface area (Å²) in [6.07, 6.45) is 7.46. The van der Waals surface area contributed by atoms with Crippen molar-refractivity contribution in [2.45, 2.75) is 25.7 Å². The van der Waals surface area contributed by atoms with Crippen LogP contribution in [0.15, 0.2) is 12.4 Å². The van der Waals surface area contributed by atoms with Gasteiger partial charge in [0.1, 0.15) is 0 Å². The van der Waals surface area contributed by atoms with Crippen LogP contribution >= 0.6 is 0 Å². The van der Waals surface area contributed by atoms with Crippen molar-refractivity contribution in [3.63, 3.8) is 0 Å². The number of hydrogen-bond donors (Lipinski definition) is 0. The highest BCUT2D eigenvalue weighted by molar-refractivity contribution is 5.80. The van der Waals surface area contributed by atoms with E-state index in [4.69, 9.17) is 0 Å². The van der Waals surface area contributed by atoms with Crippen molar-refractivity contribution in [2.24, 2.45) is 13.0 Å². The molecule has 0 N–H and O–H groups in total. The Kier molecular flexibility index (Phi) is 6.23. The van der Waals surface area contributed by atoms with Crippen molar-refractivity contribution in [3.05, 3.63) is 18.0 Å². The molecule has 0 saturated carbocycles. The number of carbonyl (C=O) groups is 2. The zero-order valence-corrected chi connectivity index (χ0v) is 15.2. The van der Waals surface area contributed by atoms with Crippen molar-refractivity contribution in [2.75, 3.05) is 40.8 Å². The zero-order chi connectivity index (χ0) is 17.7. The normalized spacial score (nSPS) is 17.7. The summed E-state index contributed by atoms with van der Waals surface area (Å²) >= 11 is 0. The number of hydrogen-bond acceptors (Lipinski definition) is 3. The first-order valence-corrected chi connectivity index (χ1v) is 8.57. The van der Waals surface area contributed by atoms with Gasteiger partial charge in [0.15, 0.2) is 0 Å². The number of amides is 3. The summed E-state index contributed by atoms with van der Waals surface area (Å²) < 4.78 is 1.79. The molecule has 0 bridgehead atoms. The molecule has 0 aliphatic carbocycles. The molecule has 1 aromatic heterocycles. The average molecular weight is 335 g/mol. The summed E-state index contributed by atoms with van der Waals surface area (Å²) in [6, 6.07) is -0.00766. The van der Waals surface area contributed by atoms with Gasteiger partial charge in [0.25, 0.3) is 0 Å². The largest absolute Gasteiger partial charge is 0.345 e. The fourth-order valence-corrected chi connectivity index (χ4v) is 3.18. The second kappa shape index (κ2) is 8.17. The van der Waals surface area contributed by atoms with Gasteiger partial charge >= 0.3 is 6.03 Å². The van der Waals surface area contributed by atoms with Crippen molar-refractivity contribution in [1.29, 1.82) is 0 Å². The molecule has 7 nitrogen and oxygen atoms in total. The van der Waals surface area contributed by atoms with Gasteiger partial charge in [0.05, 0.1) is 12.1 Å². The predicted octanol–water partition coefficient (Wildman–Crippen LogP) is 1.20. The maximum Gasteiger partial charge on any atom is 0.319 e. The number of rotatable bonds is 5. The summed E-state index contributed by atoms with van der Waals surface area (Å²) in [5, 5.41) is 4.16. The monoisotopic (exact) mass is 335 g/mol. The third-order valence-corrected chi connectivity index (χ3v) is 4.52. The van der Waals surface area contributed by atoms with Gasteiger partial charge in [-0.2, -0.15) is 5.10 Å². The van der Waals surface area contributed by atoms with Crippen molar-refractivity contribution in [3.8, 4) is 0 Å². The molecule has 134 valence electrons. The molecule has 2 heterocycles. The molecule has 0 unspecified atom stereocenters. The van der Waals surface area contributed by atoms with Crippen LogP contribution in [0.4, 0.5) is 4.79 Å². The highest BCUT2D eigenvalue weighted by Crippen LogP contribution is 2.19. The first-order valence-electron chi connectivity index (χ1n) is 8.57. The van der Waals surface area contributed by atoms with Gasteiger partial charge in [-0.1, -0.05) is 0 Å². The SMILES string of the molecule is CN(C)C(=O)N1CCC[C@H](C(=O)N(C)CCCc2cnn(C)c2)C1. The Morgan fingerprint density at radius 3 is 2.71 bits per heavy atom. The maximum absolute atomic E-state index is 12.6. The first-order chi connectivity index (χ1) is 11.4. The fraction of sp³-hybridized carbons (Fsp3) is 0.706. The van der Waals surface area contributed by atoms with Crippen LogP contribution in [-0.4, -0.2) is 77.2 Å². The average Bonchev–Trinajstić information content (AvgIpc) is 2.98. The molecule has 1 aliphatic heterocycles. The summed E-state index contributed by atoms with van der Waals surface area (Å²) in [4.78, 5) is 29.9. The molecule has 1 fully saturated rings. The van der Waals surface area contributed by atoms with E-state index in [0.717, 1.165) is 38.8 Å². The lowest BCUT2D eigenvalue weighted by atomic mass is 9.96. The first kappa shape index (κ1) is 18.3. The van der Waals surface area contributed by atoms with Crippen LogP contribution in [-0.2, 0) is 18.3 Å². The molecule has 0 radical (unpaired) electrons. The molecule has 3 amide bonds. The second-order valence-electron chi connectivity index (χ2n) is 6.85. The lowest BCUT2D eigenvalue weighted by Crippen LogP contribution is -2.48. The third kappa shape index (κ3) is 4.72. The van der Waals surface area contributed by atoms with E-state index in [1.54, 1.807) is 28.6 Å². The Hall–Kier alpha value is -2.05. The molecule has 24 heavy (non-hydrogen) atoms. The topological polar surface area (TPSA) is 61.7 Å². The Balaban J connectivity index is 1.80. The van der Waals surface area contributed by atoms with Crippen LogP contribution in [0.3, 0.4) is 0 Å². The Labute approximate surface area is 144 Å². The number of carbonyl (C=O) groups excluding carboxylic acids is 2. The molecule has 1 aromatic rings. The standard InChI is InChI=1S/C17H29N5O2/c1-19(2)17(24)22-10-6-8-15(13-22)16(23)20(3)9-5-7-14-11-18-21(4)12-14/h11-12,15H,5-10,13H2,1-4H3/t15-/m0/s1. The van der Waals surface area contributed by atoms with Crippen LogP contribution < -0.4 is 0 Å². The molecular formula is C17H29N5O2. The van der Waals surface area contributed by atoms with E-state index in [1.165, 1.54) is 5.56 Å². The summed E-state index contributed by atoms with van der Waals surface area (Å²) in [5.74, 6) is 0.0727. The Bertz CT molecular complexity index is 569. The smallest absolute Gasteiger partial charge is 0.319 e. The van der Waals surface area contributed by atoms with Gasteiger partial charge in [-0.25, -0.2) is 4.79 Å². The molecule has 0 aromatic carbocycles. The van der Waals surface area contributed by atoms with Crippen LogP contribution in [0.5, 0.6) is 0 Å². The lowest BCUT2D eigenvalue weighted by molar-refractivity contribution is -0.135. The molecule has 1 saturated heterocycles. The van der Waals surface area contributed by atoms with Gasteiger partial charge in [-0.3, -0.25) is 9.48 Å². The zero-order valence-electron chi connectivity index (χ0n) is 15.2. The fourth-order valence-electron chi connectivity index (χ4n) is 3.18. The minimum atomic E-state index is -0.0777. The second-order valence-corrected chi connectivity index (χ2v) is 6.85. The van der Waals surface area contributed by atoms with E-state index in [9.17, 15) is 9.59 Å². The van der Waals surface area contributed by atoms with E-state index in [2.05, 4.69) is 5.10 Å². The van der Waals surface area contributed by atoms with E-state index in [1.807, 2.05) is 31.4 Å². The third-order valence-electron chi connectivity index (χ3n) is 4.52. The van der Waals surface area contributed by atoms with E-state index >= 15 is 0 Å². The summed E-state index contributed by atoms with van der Waals surface area (Å²) in [5.41, 5.74) is 1.19.